The van der Waals surface area contributed by atoms with E-state index in [0.717, 1.165) is 30.4 Å². The SMILES string of the molecule is CCOC(=O)c1cnc(Cl)nc1Cl.COc1ccc(CCc2nc(C3CCC[C@H]3CO)ncc2C(=O)Cc2cc(OC)c(OC)c(OC)c2)cc1Cl.Clc1ccnc(Cl)n1. The normalized spacial score (nSPS) is 14.2. The lowest BCUT2D eigenvalue weighted by Gasteiger charge is -2.18. The van der Waals surface area contributed by atoms with E-state index in [9.17, 15) is 14.7 Å². The molecule has 1 fully saturated rings. The van der Waals surface area contributed by atoms with Crippen LogP contribution in [-0.4, -0.2) is 88.4 Å². The molecule has 60 heavy (non-hydrogen) atoms. The number of hydrogen-bond acceptors (Lipinski definition) is 14. The third-order valence-electron chi connectivity index (χ3n) is 9.17. The molecule has 5 aromatic rings. The number of nitrogens with zero attached hydrogens (tertiary/aromatic N) is 6. The number of ketones is 1. The van der Waals surface area contributed by atoms with Gasteiger partial charge in [0.2, 0.25) is 16.3 Å². The highest BCUT2D eigenvalue weighted by Crippen LogP contribution is 2.40. The maximum absolute atomic E-state index is 13.6. The number of ether oxygens (including phenoxy) is 5. The second-order valence-electron chi connectivity index (χ2n) is 12.9. The summed E-state index contributed by atoms with van der Waals surface area (Å²) in [6, 6.07) is 10.8. The van der Waals surface area contributed by atoms with E-state index in [-0.39, 0.29) is 58.5 Å². The smallest absolute Gasteiger partial charge is 0.342 e. The number of rotatable bonds is 14. The van der Waals surface area contributed by atoms with Gasteiger partial charge in [0.1, 0.15) is 27.4 Å². The van der Waals surface area contributed by atoms with E-state index in [2.05, 4.69) is 24.9 Å². The van der Waals surface area contributed by atoms with Crippen molar-refractivity contribution in [1.29, 1.82) is 0 Å². The van der Waals surface area contributed by atoms with Crippen molar-refractivity contribution in [2.24, 2.45) is 5.92 Å². The van der Waals surface area contributed by atoms with Crippen molar-refractivity contribution >= 4 is 69.8 Å². The van der Waals surface area contributed by atoms with Crippen molar-refractivity contribution in [3.8, 4) is 23.0 Å². The molecule has 1 N–H and O–H groups in total. The molecule has 1 saturated carbocycles. The molecular weight excluding hydrogens is 882 g/mol. The van der Waals surface area contributed by atoms with Crippen molar-refractivity contribution in [3.63, 3.8) is 0 Å². The van der Waals surface area contributed by atoms with Gasteiger partial charge in [0.05, 0.1) is 51.3 Å². The number of esters is 1. The molecule has 2 atom stereocenters. The minimum Gasteiger partial charge on any atom is -0.495 e. The van der Waals surface area contributed by atoms with Gasteiger partial charge in [-0.25, -0.2) is 34.7 Å². The summed E-state index contributed by atoms with van der Waals surface area (Å²) >= 11 is 28.2. The molecule has 0 radical (unpaired) electrons. The summed E-state index contributed by atoms with van der Waals surface area (Å²) in [4.78, 5) is 48.7. The Hall–Kier alpha value is -4.57. The van der Waals surface area contributed by atoms with Gasteiger partial charge in [-0.1, -0.05) is 47.3 Å². The number of aliphatic hydroxyl groups is 1. The Morgan fingerprint density at radius 2 is 1.43 bits per heavy atom. The largest absolute Gasteiger partial charge is 0.495 e. The molecule has 0 spiro atoms. The minimum absolute atomic E-state index is 0.00144. The zero-order valence-corrected chi connectivity index (χ0v) is 37.2. The molecular formula is C41H43Cl5N6O8. The van der Waals surface area contributed by atoms with Gasteiger partial charge in [0.25, 0.3) is 0 Å². The van der Waals surface area contributed by atoms with E-state index in [1.54, 1.807) is 52.6 Å². The first kappa shape index (κ1) is 48.1. The summed E-state index contributed by atoms with van der Waals surface area (Å²) in [5.41, 5.74) is 3.02. The molecule has 3 heterocycles. The van der Waals surface area contributed by atoms with E-state index in [4.69, 9.17) is 86.7 Å². The van der Waals surface area contributed by atoms with Gasteiger partial charge in [-0.15, -0.1) is 0 Å². The molecule has 1 unspecified atom stereocenters. The third-order valence-corrected chi connectivity index (χ3v) is 10.3. The highest BCUT2D eigenvalue weighted by atomic mass is 35.5. The zero-order valence-electron chi connectivity index (χ0n) is 33.4. The molecule has 320 valence electrons. The molecule has 6 rings (SSSR count). The fourth-order valence-corrected chi connectivity index (χ4v) is 7.27. The first-order chi connectivity index (χ1) is 28.8. The number of aryl methyl sites for hydroxylation is 2. The zero-order chi connectivity index (χ0) is 43.8. The number of Topliss-reactive ketones (excluding diaryl/α,β-unsaturated/α-hetero) is 1. The molecule has 2 aromatic carbocycles. The quantitative estimate of drug-likeness (QED) is 0.0483. The van der Waals surface area contributed by atoms with Gasteiger partial charge < -0.3 is 28.8 Å². The predicted octanol–water partition coefficient (Wildman–Crippen LogP) is 8.99. The minimum atomic E-state index is -0.552. The first-order valence-electron chi connectivity index (χ1n) is 18.5. The van der Waals surface area contributed by atoms with Gasteiger partial charge in [0.15, 0.2) is 17.3 Å². The van der Waals surface area contributed by atoms with Crippen LogP contribution in [0.25, 0.3) is 0 Å². The Labute approximate surface area is 372 Å². The van der Waals surface area contributed by atoms with Crippen molar-refractivity contribution in [1.82, 2.24) is 29.9 Å². The van der Waals surface area contributed by atoms with Crippen LogP contribution in [0, 0.1) is 5.92 Å². The number of aromatic nitrogens is 6. The number of benzene rings is 2. The predicted molar refractivity (Wildman–Crippen MR) is 229 cm³/mol. The van der Waals surface area contributed by atoms with Crippen LogP contribution < -0.4 is 18.9 Å². The van der Waals surface area contributed by atoms with Crippen LogP contribution in [0.1, 0.15) is 75.5 Å². The number of carbonyl (C=O) groups excluding carboxylic acids is 2. The second kappa shape index (κ2) is 24.0. The standard InChI is InChI=1S/C30H35ClN2O6.C7H6Cl2N2O2.C4H2Cl2N2/c1-36-26-11-9-18(12-23(26)31)8-10-24-22(16-32-30(33-24)21-7-5-6-20(21)17-34)25(35)13-19-14-27(37-2)29(39-4)28(15-19)38-3;1-2-13-6(12)4-3-10-7(9)11-5(4)8;5-3-1-2-7-4(6)8-3/h9,11-12,14-16,20-21,34H,5-8,10,13,17H2,1-4H3;3H,2H2,1H3;1-2H/t20-,21?;;/m0../s1. The van der Waals surface area contributed by atoms with Gasteiger partial charge in [-0.3, -0.25) is 4.79 Å². The summed E-state index contributed by atoms with van der Waals surface area (Å²) in [7, 11) is 6.21. The van der Waals surface area contributed by atoms with E-state index in [1.807, 2.05) is 18.2 Å². The van der Waals surface area contributed by atoms with Gasteiger partial charge >= 0.3 is 5.97 Å². The van der Waals surface area contributed by atoms with Crippen LogP contribution in [-0.2, 0) is 24.0 Å². The van der Waals surface area contributed by atoms with Crippen LogP contribution >= 0.6 is 58.0 Å². The Balaban J connectivity index is 0.000000306. The molecule has 1 aliphatic rings. The lowest BCUT2D eigenvalue weighted by Crippen LogP contribution is -2.17. The Bertz CT molecular complexity index is 2200. The number of halogens is 5. The third kappa shape index (κ3) is 13.5. The lowest BCUT2D eigenvalue weighted by atomic mass is 9.94. The number of hydrogen-bond donors (Lipinski definition) is 1. The Morgan fingerprint density at radius 1 is 0.750 bits per heavy atom. The molecule has 0 aliphatic heterocycles. The first-order valence-corrected chi connectivity index (χ1v) is 20.3. The van der Waals surface area contributed by atoms with Gasteiger partial charge in [-0.2, -0.15) is 0 Å². The average molecular weight is 925 g/mol. The molecule has 1 aliphatic carbocycles. The summed E-state index contributed by atoms with van der Waals surface area (Å²) < 4.78 is 26.3. The molecule has 0 amide bonds. The highest BCUT2D eigenvalue weighted by Gasteiger charge is 2.31. The topological polar surface area (TPSA) is 178 Å². The van der Waals surface area contributed by atoms with Crippen LogP contribution in [0.2, 0.25) is 25.9 Å². The summed E-state index contributed by atoms with van der Waals surface area (Å²) in [5, 5.41) is 10.9. The van der Waals surface area contributed by atoms with Crippen molar-refractivity contribution in [2.45, 2.75) is 51.4 Å². The van der Waals surface area contributed by atoms with Gasteiger partial charge in [0, 0.05) is 37.5 Å². The molecule has 3 aromatic heterocycles. The maximum atomic E-state index is 13.6. The highest BCUT2D eigenvalue weighted by molar-refractivity contribution is 6.34. The van der Waals surface area contributed by atoms with E-state index in [0.29, 0.717) is 63.1 Å². The van der Waals surface area contributed by atoms with Crippen molar-refractivity contribution in [2.75, 3.05) is 41.7 Å². The fourth-order valence-electron chi connectivity index (χ4n) is 6.28. The summed E-state index contributed by atoms with van der Waals surface area (Å²) in [6.45, 7) is 2.08. The van der Waals surface area contributed by atoms with Gasteiger partial charge in [-0.05, 0) is 103 Å². The lowest BCUT2D eigenvalue weighted by molar-refractivity contribution is 0.0525. The molecule has 14 nitrogen and oxygen atoms in total. The fraction of sp³-hybridized carbons (Fsp3) is 0.366. The Kier molecular flexibility index (Phi) is 19.3. The van der Waals surface area contributed by atoms with E-state index >= 15 is 0 Å². The van der Waals surface area contributed by atoms with Crippen LogP contribution in [0.15, 0.2) is 55.0 Å². The number of aliphatic hydroxyl groups excluding tert-OH is 1. The monoisotopic (exact) mass is 922 g/mol. The Morgan fingerprint density at radius 3 is 2.00 bits per heavy atom. The number of methoxy groups -OCH3 is 4. The molecule has 19 heteroatoms. The maximum Gasteiger partial charge on any atom is 0.342 e. The summed E-state index contributed by atoms with van der Waals surface area (Å²) in [5.74, 6) is 2.31. The van der Waals surface area contributed by atoms with Crippen LogP contribution in [0.3, 0.4) is 0 Å². The van der Waals surface area contributed by atoms with Crippen LogP contribution in [0.5, 0.6) is 23.0 Å². The van der Waals surface area contributed by atoms with E-state index in [1.165, 1.54) is 19.5 Å². The summed E-state index contributed by atoms with van der Waals surface area (Å²) in [6.07, 6.45) is 8.57. The number of carbonyl (C=O) groups is 2. The van der Waals surface area contributed by atoms with Crippen LogP contribution in [0.4, 0.5) is 0 Å². The molecule has 0 saturated heterocycles. The van der Waals surface area contributed by atoms with Crippen molar-refractivity contribution < 1.29 is 38.4 Å². The average Bonchev–Trinajstić information content (AvgIpc) is 3.72. The van der Waals surface area contributed by atoms with Crippen molar-refractivity contribution in [3.05, 3.63) is 115 Å². The van der Waals surface area contributed by atoms with E-state index < -0.39 is 5.97 Å². The molecule has 0 bridgehead atoms. The second-order valence-corrected chi connectivity index (χ2v) is 14.7.